The Morgan fingerprint density at radius 1 is 1.27 bits per heavy atom. The SMILES string of the molecule is CN(C)C(=NC#N)c1ccc(C(C(N)=O)c2cccnc2)c(NCCc2cccc(F)c2)n1. The minimum atomic E-state index is -0.785. The maximum atomic E-state index is 13.5. The van der Waals surface area contributed by atoms with E-state index in [1.165, 1.54) is 12.1 Å². The van der Waals surface area contributed by atoms with E-state index in [4.69, 9.17) is 11.0 Å². The maximum absolute atomic E-state index is 13.5. The lowest BCUT2D eigenvalue weighted by Gasteiger charge is -2.20. The van der Waals surface area contributed by atoms with Crippen molar-refractivity contribution in [2.75, 3.05) is 26.0 Å². The Morgan fingerprint density at radius 2 is 2.09 bits per heavy atom. The highest BCUT2D eigenvalue weighted by Crippen LogP contribution is 2.29. The highest BCUT2D eigenvalue weighted by Gasteiger charge is 2.25. The van der Waals surface area contributed by atoms with E-state index in [1.54, 1.807) is 67.9 Å². The number of hydrogen-bond acceptors (Lipinski definition) is 6. The van der Waals surface area contributed by atoms with Crippen molar-refractivity contribution in [3.8, 4) is 6.19 Å². The van der Waals surface area contributed by atoms with E-state index in [0.29, 0.717) is 41.4 Å². The van der Waals surface area contributed by atoms with Crippen LogP contribution in [0, 0.1) is 17.3 Å². The number of hydrogen-bond donors (Lipinski definition) is 2. The Morgan fingerprint density at radius 3 is 2.73 bits per heavy atom. The molecule has 33 heavy (non-hydrogen) atoms. The van der Waals surface area contributed by atoms with Crippen LogP contribution in [0.2, 0.25) is 0 Å². The zero-order chi connectivity index (χ0) is 23.8. The van der Waals surface area contributed by atoms with Gasteiger partial charge in [-0.2, -0.15) is 10.3 Å². The fourth-order valence-electron chi connectivity index (χ4n) is 3.46. The first-order valence-corrected chi connectivity index (χ1v) is 10.2. The molecule has 9 heteroatoms. The maximum Gasteiger partial charge on any atom is 0.229 e. The molecule has 0 saturated heterocycles. The lowest BCUT2D eigenvalue weighted by atomic mass is 9.91. The van der Waals surface area contributed by atoms with E-state index in [9.17, 15) is 9.18 Å². The summed E-state index contributed by atoms with van der Waals surface area (Å²) in [6.07, 6.45) is 5.52. The van der Waals surface area contributed by atoms with Crippen molar-refractivity contribution in [2.45, 2.75) is 12.3 Å². The third-order valence-corrected chi connectivity index (χ3v) is 4.94. The fraction of sp³-hybridized carbons (Fsp3) is 0.208. The molecule has 3 rings (SSSR count). The number of amidine groups is 1. The molecule has 0 spiro atoms. The van der Waals surface area contributed by atoms with E-state index in [0.717, 1.165) is 5.56 Å². The van der Waals surface area contributed by atoms with Crippen molar-refractivity contribution in [1.82, 2.24) is 14.9 Å². The molecule has 0 aliphatic rings. The molecule has 2 heterocycles. The highest BCUT2D eigenvalue weighted by molar-refractivity contribution is 5.98. The summed E-state index contributed by atoms with van der Waals surface area (Å²) in [7, 11) is 3.51. The molecule has 8 nitrogen and oxygen atoms in total. The summed E-state index contributed by atoms with van der Waals surface area (Å²) in [4.78, 5) is 26.7. The van der Waals surface area contributed by atoms with Crippen LogP contribution in [0.15, 0.2) is 65.9 Å². The summed E-state index contributed by atoms with van der Waals surface area (Å²) in [5.41, 5.74) is 8.23. The molecule has 0 bridgehead atoms. The minimum absolute atomic E-state index is 0.304. The van der Waals surface area contributed by atoms with E-state index < -0.39 is 11.8 Å². The molecule has 1 unspecified atom stereocenters. The van der Waals surface area contributed by atoms with Crippen molar-refractivity contribution in [2.24, 2.45) is 10.7 Å². The highest BCUT2D eigenvalue weighted by atomic mass is 19.1. The number of nitrogens with zero attached hydrogens (tertiary/aromatic N) is 5. The van der Waals surface area contributed by atoms with Gasteiger partial charge in [0.2, 0.25) is 12.1 Å². The quantitative estimate of drug-likeness (QED) is 0.312. The predicted molar refractivity (Wildman–Crippen MR) is 124 cm³/mol. The monoisotopic (exact) mass is 445 g/mol. The second kappa shape index (κ2) is 10.8. The normalized spacial score (nSPS) is 12.0. The van der Waals surface area contributed by atoms with Gasteiger partial charge >= 0.3 is 0 Å². The third-order valence-electron chi connectivity index (χ3n) is 4.94. The largest absolute Gasteiger partial charge is 0.369 e. The number of benzene rings is 1. The van der Waals surface area contributed by atoms with E-state index in [2.05, 4.69) is 20.3 Å². The van der Waals surface area contributed by atoms with E-state index in [1.807, 2.05) is 6.07 Å². The van der Waals surface area contributed by atoms with Crippen LogP contribution in [-0.2, 0) is 11.2 Å². The zero-order valence-corrected chi connectivity index (χ0v) is 18.4. The number of nitrogens with one attached hydrogen (secondary N) is 1. The number of primary amides is 1. The van der Waals surface area contributed by atoms with Crippen molar-refractivity contribution >= 4 is 17.6 Å². The van der Waals surface area contributed by atoms with Crippen molar-refractivity contribution in [3.63, 3.8) is 0 Å². The lowest BCUT2D eigenvalue weighted by molar-refractivity contribution is -0.118. The molecular formula is C24H24FN7O. The molecule has 3 N–H and O–H groups in total. The van der Waals surface area contributed by atoms with Gasteiger partial charge in [-0.25, -0.2) is 9.37 Å². The predicted octanol–water partition coefficient (Wildman–Crippen LogP) is 2.68. The second-order valence-electron chi connectivity index (χ2n) is 7.49. The Bertz CT molecular complexity index is 1190. The van der Waals surface area contributed by atoms with Gasteiger partial charge in [-0.05, 0) is 41.8 Å². The number of pyridine rings is 2. The van der Waals surface area contributed by atoms with E-state index in [-0.39, 0.29) is 5.82 Å². The molecule has 1 aromatic carbocycles. The fourth-order valence-corrected chi connectivity index (χ4v) is 3.46. The van der Waals surface area contributed by atoms with Crippen LogP contribution in [0.25, 0.3) is 0 Å². The molecule has 3 aromatic rings. The number of amides is 1. The summed E-state index contributed by atoms with van der Waals surface area (Å²) >= 11 is 0. The number of nitriles is 1. The summed E-state index contributed by atoms with van der Waals surface area (Å²) in [6.45, 7) is 0.429. The van der Waals surface area contributed by atoms with Gasteiger partial charge in [0.15, 0.2) is 5.84 Å². The molecule has 0 aliphatic carbocycles. The van der Waals surface area contributed by atoms with E-state index >= 15 is 0 Å². The van der Waals surface area contributed by atoms with Gasteiger partial charge in [0.25, 0.3) is 0 Å². The Labute approximate surface area is 191 Å². The summed E-state index contributed by atoms with van der Waals surface area (Å²) < 4.78 is 13.5. The van der Waals surface area contributed by atoms with Gasteiger partial charge < -0.3 is 16.0 Å². The molecule has 0 saturated carbocycles. The van der Waals surface area contributed by atoms with Gasteiger partial charge in [-0.1, -0.05) is 24.3 Å². The summed E-state index contributed by atoms with van der Waals surface area (Å²) in [6, 6.07) is 13.3. The number of carbonyl (C=O) groups is 1. The van der Waals surface area contributed by atoms with Crippen molar-refractivity contribution < 1.29 is 9.18 Å². The zero-order valence-electron chi connectivity index (χ0n) is 18.4. The number of halogens is 1. The standard InChI is InChI=1S/C24H24FN7O/c1-32(2)24(30-15-26)20-9-8-19(21(22(27)33)17-6-4-11-28-14-17)23(31-20)29-12-10-16-5-3-7-18(25)13-16/h3-9,11,13-14,21H,10,12H2,1-2H3,(H2,27,33)(H,29,31). The summed E-state index contributed by atoms with van der Waals surface area (Å²) in [5, 5.41) is 12.3. The smallest absolute Gasteiger partial charge is 0.229 e. The first kappa shape index (κ1) is 23.3. The first-order valence-electron chi connectivity index (χ1n) is 10.2. The number of rotatable bonds is 8. The average molecular weight is 446 g/mol. The number of anilines is 1. The van der Waals surface area contributed by atoms with Gasteiger partial charge in [-0.15, -0.1) is 0 Å². The number of nitrogens with two attached hydrogens (primary N) is 1. The molecule has 0 fully saturated rings. The van der Waals surface area contributed by atoms with Crippen LogP contribution in [0.5, 0.6) is 0 Å². The Hall–Kier alpha value is -4.32. The lowest BCUT2D eigenvalue weighted by Crippen LogP contribution is -2.27. The topological polar surface area (TPSA) is 120 Å². The molecular weight excluding hydrogens is 421 g/mol. The molecule has 1 atom stereocenters. The van der Waals surface area contributed by atoms with Gasteiger partial charge in [0, 0.05) is 38.6 Å². The van der Waals surface area contributed by atoms with Crippen LogP contribution in [0.4, 0.5) is 10.2 Å². The van der Waals surface area contributed by atoms with Gasteiger partial charge in [-0.3, -0.25) is 9.78 Å². The summed E-state index contributed by atoms with van der Waals surface area (Å²) in [5.74, 6) is -0.850. The number of aliphatic imine (C=N–C) groups is 1. The number of aromatic nitrogens is 2. The molecule has 1 amide bonds. The van der Waals surface area contributed by atoms with Crippen LogP contribution in [-0.4, -0.2) is 47.3 Å². The average Bonchev–Trinajstić information content (AvgIpc) is 2.79. The second-order valence-corrected chi connectivity index (χ2v) is 7.49. The van der Waals surface area contributed by atoms with Crippen molar-refractivity contribution in [3.05, 3.63) is 89.1 Å². The first-order chi connectivity index (χ1) is 15.9. The van der Waals surface area contributed by atoms with Crippen molar-refractivity contribution in [1.29, 1.82) is 5.26 Å². The third kappa shape index (κ3) is 5.89. The van der Waals surface area contributed by atoms with Crippen LogP contribution < -0.4 is 11.1 Å². The van der Waals surface area contributed by atoms with Crippen LogP contribution >= 0.6 is 0 Å². The number of carbonyl (C=O) groups excluding carboxylic acids is 1. The minimum Gasteiger partial charge on any atom is -0.369 e. The molecule has 0 aliphatic heterocycles. The Kier molecular flexibility index (Phi) is 7.65. The van der Waals surface area contributed by atoms with Gasteiger partial charge in [0.05, 0.1) is 5.92 Å². The van der Waals surface area contributed by atoms with Gasteiger partial charge in [0.1, 0.15) is 17.3 Å². The Balaban J connectivity index is 2.01. The molecule has 0 radical (unpaired) electrons. The molecule has 2 aromatic heterocycles. The molecule has 168 valence electrons. The van der Waals surface area contributed by atoms with Crippen LogP contribution in [0.1, 0.15) is 28.3 Å². The van der Waals surface area contributed by atoms with Crippen LogP contribution in [0.3, 0.4) is 0 Å².